The molecule has 1 aromatic heterocycles. The van der Waals surface area contributed by atoms with E-state index in [0.717, 1.165) is 16.7 Å². The van der Waals surface area contributed by atoms with E-state index >= 15 is 0 Å². The molecule has 0 unspecified atom stereocenters. The molecule has 0 saturated carbocycles. The number of H-pyrrole nitrogens is 1. The summed E-state index contributed by atoms with van der Waals surface area (Å²) in [6, 6.07) is 4.10. The fourth-order valence-corrected chi connectivity index (χ4v) is 2.46. The Labute approximate surface area is 134 Å². The first-order chi connectivity index (χ1) is 10.9. The first kappa shape index (κ1) is 16.7. The highest BCUT2D eigenvalue weighted by Crippen LogP contribution is 2.17. The van der Waals surface area contributed by atoms with Crippen LogP contribution in [0.4, 0.5) is 5.95 Å². The zero-order chi connectivity index (χ0) is 17.0. The van der Waals surface area contributed by atoms with Crippen molar-refractivity contribution in [2.45, 2.75) is 33.6 Å². The summed E-state index contributed by atoms with van der Waals surface area (Å²) in [6.07, 6.45) is 0.231. The Morgan fingerprint density at radius 1 is 1.17 bits per heavy atom. The number of aromatic nitrogens is 3. The number of hydrogen-bond donors (Lipinski definition) is 2. The van der Waals surface area contributed by atoms with Crippen LogP contribution in [0.2, 0.25) is 0 Å². The van der Waals surface area contributed by atoms with E-state index < -0.39 is 5.97 Å². The van der Waals surface area contributed by atoms with E-state index in [1.165, 1.54) is 12.7 Å². The number of aryl methyl sites for hydroxylation is 3. The van der Waals surface area contributed by atoms with Crippen molar-refractivity contribution in [3.05, 3.63) is 40.2 Å². The van der Waals surface area contributed by atoms with Crippen LogP contribution in [-0.2, 0) is 27.2 Å². The SMILES string of the molecule is COC(=O)Cc1nc(NC(=O)Cc2c(C)cc(C)cc2C)n[nH]1. The van der Waals surface area contributed by atoms with Gasteiger partial charge in [-0.3, -0.25) is 20.0 Å². The number of carbonyl (C=O) groups excluding carboxylic acids is 2. The quantitative estimate of drug-likeness (QED) is 0.817. The molecule has 0 spiro atoms. The van der Waals surface area contributed by atoms with E-state index in [9.17, 15) is 9.59 Å². The number of benzene rings is 1. The predicted molar refractivity (Wildman–Crippen MR) is 85.1 cm³/mol. The van der Waals surface area contributed by atoms with Gasteiger partial charge in [-0.25, -0.2) is 0 Å². The van der Waals surface area contributed by atoms with Crippen LogP contribution in [0.5, 0.6) is 0 Å². The molecule has 2 rings (SSSR count). The van der Waals surface area contributed by atoms with Gasteiger partial charge in [-0.15, -0.1) is 5.10 Å². The van der Waals surface area contributed by atoms with Crippen molar-refractivity contribution < 1.29 is 14.3 Å². The van der Waals surface area contributed by atoms with Gasteiger partial charge in [0.2, 0.25) is 11.9 Å². The Hall–Kier alpha value is -2.70. The Morgan fingerprint density at radius 3 is 2.43 bits per heavy atom. The fourth-order valence-electron chi connectivity index (χ4n) is 2.46. The molecule has 23 heavy (non-hydrogen) atoms. The number of rotatable bonds is 5. The molecule has 7 heteroatoms. The number of nitrogens with one attached hydrogen (secondary N) is 2. The van der Waals surface area contributed by atoms with Crippen molar-refractivity contribution in [1.82, 2.24) is 15.2 Å². The van der Waals surface area contributed by atoms with Crippen LogP contribution >= 0.6 is 0 Å². The highest BCUT2D eigenvalue weighted by atomic mass is 16.5. The van der Waals surface area contributed by atoms with Gasteiger partial charge >= 0.3 is 5.97 Å². The topological polar surface area (TPSA) is 97.0 Å². The van der Waals surface area contributed by atoms with Gasteiger partial charge in [0, 0.05) is 0 Å². The average Bonchev–Trinajstić information content (AvgIpc) is 2.89. The van der Waals surface area contributed by atoms with Crippen LogP contribution in [-0.4, -0.2) is 34.2 Å². The Bertz CT molecular complexity index is 714. The lowest BCUT2D eigenvalue weighted by molar-refractivity contribution is -0.139. The molecule has 0 atom stereocenters. The van der Waals surface area contributed by atoms with Gasteiger partial charge < -0.3 is 4.74 Å². The van der Waals surface area contributed by atoms with Gasteiger partial charge in [0.15, 0.2) is 0 Å². The summed E-state index contributed by atoms with van der Waals surface area (Å²) in [4.78, 5) is 27.4. The molecule has 0 bridgehead atoms. The second kappa shape index (κ2) is 7.04. The molecule has 1 amide bonds. The smallest absolute Gasteiger partial charge is 0.313 e. The van der Waals surface area contributed by atoms with E-state index in [0.29, 0.717) is 5.82 Å². The molecule has 0 aliphatic rings. The lowest BCUT2D eigenvalue weighted by Crippen LogP contribution is -2.17. The Balaban J connectivity index is 2.02. The second-order valence-corrected chi connectivity index (χ2v) is 5.46. The summed E-state index contributed by atoms with van der Waals surface area (Å²) in [5.74, 6) is -0.139. The summed E-state index contributed by atoms with van der Waals surface area (Å²) >= 11 is 0. The fraction of sp³-hybridized carbons (Fsp3) is 0.375. The number of nitrogens with zero attached hydrogens (tertiary/aromatic N) is 2. The maximum absolute atomic E-state index is 12.2. The molecule has 7 nitrogen and oxygen atoms in total. The largest absolute Gasteiger partial charge is 0.469 e. The van der Waals surface area contributed by atoms with E-state index in [1.807, 2.05) is 20.8 Å². The normalized spacial score (nSPS) is 10.4. The average molecular weight is 316 g/mol. The molecule has 1 aromatic carbocycles. The number of amides is 1. The van der Waals surface area contributed by atoms with Crippen LogP contribution in [0.25, 0.3) is 0 Å². The third-order valence-corrected chi connectivity index (χ3v) is 3.50. The summed E-state index contributed by atoms with van der Waals surface area (Å²) in [5.41, 5.74) is 4.34. The molecule has 0 fully saturated rings. The molecule has 122 valence electrons. The summed E-state index contributed by atoms with van der Waals surface area (Å²) in [7, 11) is 1.30. The minimum Gasteiger partial charge on any atom is -0.469 e. The lowest BCUT2D eigenvalue weighted by atomic mass is 9.97. The van der Waals surface area contributed by atoms with Gasteiger partial charge in [-0.1, -0.05) is 17.7 Å². The maximum atomic E-state index is 12.2. The van der Waals surface area contributed by atoms with E-state index in [4.69, 9.17) is 0 Å². The van der Waals surface area contributed by atoms with Crippen molar-refractivity contribution in [1.29, 1.82) is 0 Å². The highest BCUT2D eigenvalue weighted by molar-refractivity contribution is 5.91. The van der Waals surface area contributed by atoms with Crippen molar-refractivity contribution in [2.75, 3.05) is 12.4 Å². The van der Waals surface area contributed by atoms with Crippen LogP contribution in [0.15, 0.2) is 12.1 Å². The van der Waals surface area contributed by atoms with E-state index in [1.54, 1.807) is 0 Å². The first-order valence-corrected chi connectivity index (χ1v) is 7.23. The van der Waals surface area contributed by atoms with Crippen molar-refractivity contribution in [2.24, 2.45) is 0 Å². The van der Waals surface area contributed by atoms with E-state index in [-0.39, 0.29) is 24.7 Å². The van der Waals surface area contributed by atoms with Crippen LogP contribution in [0, 0.1) is 20.8 Å². The standard InChI is InChI=1S/C16H20N4O3/c1-9-5-10(2)12(11(3)6-9)7-14(21)18-16-17-13(19-20-16)8-15(22)23-4/h5-6H,7-8H2,1-4H3,(H2,17,18,19,20,21). The molecule has 0 radical (unpaired) electrons. The summed E-state index contributed by atoms with van der Waals surface area (Å²) < 4.78 is 4.55. The number of anilines is 1. The van der Waals surface area contributed by atoms with Gasteiger partial charge in [0.05, 0.1) is 13.5 Å². The number of ether oxygens (including phenoxy) is 1. The van der Waals surface area contributed by atoms with Gasteiger partial charge in [0.1, 0.15) is 12.2 Å². The monoisotopic (exact) mass is 316 g/mol. The number of esters is 1. The Kier molecular flexibility index (Phi) is 5.10. The van der Waals surface area contributed by atoms with Crippen molar-refractivity contribution >= 4 is 17.8 Å². The highest BCUT2D eigenvalue weighted by Gasteiger charge is 2.13. The van der Waals surface area contributed by atoms with Gasteiger partial charge in [-0.2, -0.15) is 4.98 Å². The van der Waals surface area contributed by atoms with Gasteiger partial charge in [-0.05, 0) is 37.5 Å². The van der Waals surface area contributed by atoms with Crippen molar-refractivity contribution in [3.63, 3.8) is 0 Å². The van der Waals surface area contributed by atoms with Crippen molar-refractivity contribution in [3.8, 4) is 0 Å². The molecular formula is C16H20N4O3. The maximum Gasteiger partial charge on any atom is 0.313 e. The molecular weight excluding hydrogens is 296 g/mol. The third kappa shape index (κ3) is 4.38. The number of methoxy groups -OCH3 is 1. The van der Waals surface area contributed by atoms with Crippen LogP contribution in [0.3, 0.4) is 0 Å². The van der Waals surface area contributed by atoms with Crippen LogP contribution < -0.4 is 5.32 Å². The zero-order valence-electron chi connectivity index (χ0n) is 13.7. The third-order valence-electron chi connectivity index (χ3n) is 3.50. The van der Waals surface area contributed by atoms with Gasteiger partial charge in [0.25, 0.3) is 0 Å². The first-order valence-electron chi connectivity index (χ1n) is 7.23. The minimum atomic E-state index is -0.426. The number of hydrogen-bond acceptors (Lipinski definition) is 5. The predicted octanol–water partition coefficient (Wildman–Crippen LogP) is 1.63. The summed E-state index contributed by atoms with van der Waals surface area (Å²) in [5, 5.41) is 9.09. The molecule has 2 N–H and O–H groups in total. The molecule has 0 saturated heterocycles. The van der Waals surface area contributed by atoms with Crippen LogP contribution in [0.1, 0.15) is 28.1 Å². The Morgan fingerprint density at radius 2 is 1.83 bits per heavy atom. The molecule has 2 aromatic rings. The molecule has 1 heterocycles. The molecule has 0 aliphatic heterocycles. The van der Waals surface area contributed by atoms with E-state index in [2.05, 4.69) is 37.4 Å². The summed E-state index contributed by atoms with van der Waals surface area (Å²) in [6.45, 7) is 6.01. The zero-order valence-corrected chi connectivity index (χ0v) is 13.7. The molecule has 0 aliphatic carbocycles. The minimum absolute atomic E-state index is 0.0183. The number of aromatic amines is 1. The lowest BCUT2D eigenvalue weighted by Gasteiger charge is -2.10. The number of carbonyl (C=O) groups is 2. The second-order valence-electron chi connectivity index (χ2n) is 5.46.